The first-order valence-electron chi connectivity index (χ1n) is 13.4. The molecule has 0 aromatic carbocycles. The maximum atomic E-state index is 11.8. The van der Waals surface area contributed by atoms with Crippen molar-refractivity contribution in [3.8, 4) is 11.9 Å². The van der Waals surface area contributed by atoms with Crippen molar-refractivity contribution in [1.82, 2.24) is 19.9 Å². The molecule has 2 aliphatic rings. The lowest BCUT2D eigenvalue weighted by molar-refractivity contribution is -0.192. The van der Waals surface area contributed by atoms with Gasteiger partial charge >= 0.3 is 12.1 Å². The number of carboxylic acids is 1. The van der Waals surface area contributed by atoms with Crippen molar-refractivity contribution in [2.45, 2.75) is 44.0 Å². The Kier molecular flexibility index (Phi) is 10.2. The van der Waals surface area contributed by atoms with Gasteiger partial charge in [-0.15, -0.1) is 0 Å². The lowest BCUT2D eigenvalue weighted by atomic mass is 9.93. The van der Waals surface area contributed by atoms with Gasteiger partial charge in [0, 0.05) is 31.4 Å². The Morgan fingerprint density at radius 2 is 1.84 bits per heavy atom. The van der Waals surface area contributed by atoms with Crippen LogP contribution >= 0.6 is 0 Å². The lowest BCUT2D eigenvalue weighted by Crippen LogP contribution is -2.37. The number of fused-ring (bicyclic) bond motifs is 1. The molecule has 0 atom stereocenters. The van der Waals surface area contributed by atoms with E-state index in [4.69, 9.17) is 29.6 Å². The summed E-state index contributed by atoms with van der Waals surface area (Å²) in [5.41, 5.74) is 1.36. The van der Waals surface area contributed by atoms with Crippen LogP contribution in [0.3, 0.4) is 0 Å². The minimum atomic E-state index is -5.08. The molecule has 5 rings (SSSR count). The van der Waals surface area contributed by atoms with E-state index in [2.05, 4.69) is 29.9 Å². The van der Waals surface area contributed by atoms with E-state index in [1.54, 1.807) is 18.3 Å². The minimum absolute atomic E-state index is 0.0634. The molecule has 0 unspecified atom stereocenters. The second kappa shape index (κ2) is 13.9. The number of nitriles is 1. The van der Waals surface area contributed by atoms with Gasteiger partial charge in [-0.1, -0.05) is 0 Å². The number of aromatic nitrogens is 4. The van der Waals surface area contributed by atoms with Crippen LogP contribution < -0.4 is 19.7 Å². The predicted molar refractivity (Wildman–Crippen MR) is 152 cm³/mol. The molecular weight excluding hydrogens is 609 g/mol. The molecule has 0 radical (unpaired) electrons. The van der Waals surface area contributed by atoms with Crippen molar-refractivity contribution < 1.29 is 41.0 Å². The maximum absolute atomic E-state index is 11.8. The SMILES string of the molecule is CS(=O)(=O)Nc1cnc2cc(N3CCOCC3)nc(OC3CCC(Nc4nccc(C#N)n4)CC3)c2c1.O=C(O)C(F)(F)F. The fourth-order valence-electron chi connectivity index (χ4n) is 4.55. The molecule has 2 fully saturated rings. The van der Waals surface area contributed by atoms with Crippen LogP contribution in [0.2, 0.25) is 0 Å². The van der Waals surface area contributed by atoms with E-state index in [1.165, 1.54) is 6.20 Å². The summed E-state index contributed by atoms with van der Waals surface area (Å²) >= 11 is 0. The van der Waals surface area contributed by atoms with Crippen molar-refractivity contribution in [3.05, 3.63) is 36.3 Å². The molecule has 3 N–H and O–H groups in total. The van der Waals surface area contributed by atoms with Gasteiger partial charge in [-0.25, -0.2) is 23.2 Å². The third-order valence-corrected chi connectivity index (χ3v) is 7.17. The lowest BCUT2D eigenvalue weighted by Gasteiger charge is -2.31. The molecule has 1 aliphatic carbocycles. The van der Waals surface area contributed by atoms with Gasteiger partial charge in [0.1, 0.15) is 23.7 Å². The molecule has 1 saturated carbocycles. The topological polar surface area (TPSA) is 193 Å². The molecule has 236 valence electrons. The molecule has 1 aliphatic heterocycles. The zero-order valence-electron chi connectivity index (χ0n) is 23.4. The molecule has 0 bridgehead atoms. The summed E-state index contributed by atoms with van der Waals surface area (Å²) in [6, 6.07) is 7.38. The monoisotopic (exact) mass is 638 g/mol. The summed E-state index contributed by atoms with van der Waals surface area (Å²) in [5, 5.41) is 20.1. The highest BCUT2D eigenvalue weighted by Crippen LogP contribution is 2.33. The highest BCUT2D eigenvalue weighted by Gasteiger charge is 2.38. The first-order chi connectivity index (χ1) is 20.8. The number of hydrogen-bond acceptors (Lipinski definition) is 12. The number of ether oxygens (including phenoxy) is 2. The Morgan fingerprint density at radius 3 is 2.45 bits per heavy atom. The van der Waals surface area contributed by atoms with Gasteiger partial charge < -0.3 is 24.8 Å². The van der Waals surface area contributed by atoms with Crippen molar-refractivity contribution in [1.29, 1.82) is 5.26 Å². The Labute approximate surface area is 250 Å². The van der Waals surface area contributed by atoms with Crippen molar-refractivity contribution in [2.75, 3.05) is 47.5 Å². The molecule has 3 aromatic rings. The third kappa shape index (κ3) is 9.25. The number of anilines is 3. The number of halogens is 3. The standard InChI is InChI=1S/C24H28N8O4S.C2HF3O2/c1-37(33,34)31-18-12-20-21(27-15-18)13-22(32-8-10-35-11-9-32)30-23(20)36-19-4-2-16(3-5-19)28-24-26-7-6-17(14-25)29-24;3-2(4,5)1(6)7/h6-7,12-13,15-16,19,31H,2-5,8-11H2,1H3,(H,26,28,29);(H,6,7). The number of carboxylic acid groups (broad SMARTS) is 1. The van der Waals surface area contributed by atoms with Crippen molar-refractivity contribution >= 4 is 44.3 Å². The number of nitrogens with one attached hydrogen (secondary N) is 2. The van der Waals surface area contributed by atoms with Crippen LogP contribution in [0.25, 0.3) is 10.9 Å². The summed E-state index contributed by atoms with van der Waals surface area (Å²) in [5.74, 6) is -1.11. The van der Waals surface area contributed by atoms with Gasteiger partial charge in [-0.2, -0.15) is 23.4 Å². The molecular formula is C26H29F3N8O6S. The van der Waals surface area contributed by atoms with Crippen LogP contribution in [-0.2, 0) is 19.6 Å². The minimum Gasteiger partial charge on any atom is -0.475 e. The van der Waals surface area contributed by atoms with E-state index in [1.807, 2.05) is 12.1 Å². The number of hydrogen-bond donors (Lipinski definition) is 3. The highest BCUT2D eigenvalue weighted by atomic mass is 32.2. The summed E-state index contributed by atoms with van der Waals surface area (Å²) in [7, 11) is -3.46. The number of rotatable bonds is 7. The first-order valence-corrected chi connectivity index (χ1v) is 15.3. The molecule has 0 amide bonds. The normalized spacial score (nSPS) is 18.8. The molecule has 44 heavy (non-hydrogen) atoms. The summed E-state index contributed by atoms with van der Waals surface area (Å²) in [6.07, 6.45) is 2.27. The van der Waals surface area contributed by atoms with E-state index in [0.717, 1.165) is 50.8 Å². The number of morpholine rings is 1. The molecule has 14 nitrogen and oxygen atoms in total. The number of nitrogens with zero attached hydrogens (tertiary/aromatic N) is 6. The number of sulfonamides is 1. The number of carbonyl (C=O) groups is 1. The highest BCUT2D eigenvalue weighted by molar-refractivity contribution is 7.92. The summed E-state index contributed by atoms with van der Waals surface area (Å²) < 4.78 is 69.6. The Morgan fingerprint density at radius 1 is 1.16 bits per heavy atom. The Bertz CT molecular complexity index is 1620. The fourth-order valence-corrected chi connectivity index (χ4v) is 5.09. The number of pyridine rings is 2. The quantitative estimate of drug-likeness (QED) is 0.342. The van der Waals surface area contributed by atoms with Crippen LogP contribution in [0.1, 0.15) is 31.4 Å². The van der Waals surface area contributed by atoms with Gasteiger partial charge in [0.05, 0.1) is 42.3 Å². The van der Waals surface area contributed by atoms with Crippen LogP contribution in [0.15, 0.2) is 30.6 Å². The van der Waals surface area contributed by atoms with E-state index in [-0.39, 0.29) is 12.1 Å². The van der Waals surface area contributed by atoms with E-state index in [9.17, 15) is 21.6 Å². The van der Waals surface area contributed by atoms with E-state index < -0.39 is 22.2 Å². The van der Waals surface area contributed by atoms with Gasteiger partial charge in [0.15, 0.2) is 0 Å². The molecule has 18 heteroatoms. The zero-order chi connectivity index (χ0) is 31.9. The van der Waals surface area contributed by atoms with Gasteiger partial charge in [-0.05, 0) is 37.8 Å². The molecule has 4 heterocycles. The van der Waals surface area contributed by atoms with Crippen LogP contribution in [0.5, 0.6) is 5.88 Å². The second-order valence-corrected chi connectivity index (χ2v) is 11.7. The first kappa shape index (κ1) is 32.4. The number of alkyl halides is 3. The molecule has 3 aromatic heterocycles. The van der Waals surface area contributed by atoms with Crippen molar-refractivity contribution in [2.24, 2.45) is 0 Å². The average molecular weight is 639 g/mol. The summed E-state index contributed by atoms with van der Waals surface area (Å²) in [4.78, 5) is 28.8. The Balaban J connectivity index is 0.000000566. The fraction of sp³-hybridized carbons (Fsp3) is 0.462. The molecule has 1 saturated heterocycles. The maximum Gasteiger partial charge on any atom is 0.490 e. The van der Waals surface area contributed by atoms with Crippen LogP contribution in [0.4, 0.5) is 30.6 Å². The van der Waals surface area contributed by atoms with E-state index in [0.29, 0.717) is 47.3 Å². The van der Waals surface area contributed by atoms with Gasteiger partial charge in [0.25, 0.3) is 0 Å². The smallest absolute Gasteiger partial charge is 0.475 e. The molecule has 0 spiro atoms. The summed E-state index contributed by atoms with van der Waals surface area (Å²) in [6.45, 7) is 2.69. The zero-order valence-corrected chi connectivity index (χ0v) is 24.2. The van der Waals surface area contributed by atoms with Crippen LogP contribution in [-0.4, -0.2) is 90.3 Å². The Hall–Kier alpha value is -4.50. The average Bonchev–Trinajstić information content (AvgIpc) is 2.98. The predicted octanol–water partition coefficient (Wildman–Crippen LogP) is 2.93. The van der Waals surface area contributed by atoms with Gasteiger partial charge in [0.2, 0.25) is 21.9 Å². The number of aliphatic carboxylic acids is 1. The van der Waals surface area contributed by atoms with Crippen LogP contribution in [0, 0.1) is 11.3 Å². The van der Waals surface area contributed by atoms with Crippen molar-refractivity contribution in [3.63, 3.8) is 0 Å². The van der Waals surface area contributed by atoms with E-state index >= 15 is 0 Å². The largest absolute Gasteiger partial charge is 0.490 e. The van der Waals surface area contributed by atoms with Gasteiger partial charge in [-0.3, -0.25) is 9.71 Å². The third-order valence-electron chi connectivity index (χ3n) is 6.57. The second-order valence-electron chi connectivity index (χ2n) is 9.97.